The number of methoxy groups -OCH3 is 1. The van der Waals surface area contributed by atoms with E-state index in [-0.39, 0.29) is 12.4 Å². The summed E-state index contributed by atoms with van der Waals surface area (Å²) in [4.78, 5) is 4.02. The molecule has 1 aromatic carbocycles. The molecular formula is C13H12FNO2. The molecule has 4 heteroatoms. The number of pyridine rings is 1. The maximum absolute atomic E-state index is 13.7. The van der Waals surface area contributed by atoms with Gasteiger partial charge in [0.1, 0.15) is 5.82 Å². The van der Waals surface area contributed by atoms with Gasteiger partial charge in [0, 0.05) is 11.8 Å². The van der Waals surface area contributed by atoms with Crippen LogP contribution < -0.4 is 4.74 Å². The Labute approximate surface area is 98.5 Å². The van der Waals surface area contributed by atoms with Crippen molar-refractivity contribution in [2.75, 3.05) is 7.11 Å². The number of hydrogen-bond acceptors (Lipinski definition) is 3. The molecule has 0 unspecified atom stereocenters. The molecule has 0 saturated heterocycles. The van der Waals surface area contributed by atoms with E-state index in [4.69, 9.17) is 4.74 Å². The van der Waals surface area contributed by atoms with Gasteiger partial charge in [-0.15, -0.1) is 0 Å². The van der Waals surface area contributed by atoms with Crippen LogP contribution in [0, 0.1) is 5.82 Å². The number of ether oxygens (including phenoxy) is 1. The smallest absolute Gasteiger partial charge is 0.221 e. The van der Waals surface area contributed by atoms with E-state index < -0.39 is 0 Å². The van der Waals surface area contributed by atoms with Crippen LogP contribution in [0.15, 0.2) is 36.5 Å². The third-order valence-corrected chi connectivity index (χ3v) is 2.51. The Balaban J connectivity index is 2.69. The lowest BCUT2D eigenvalue weighted by Gasteiger charge is -2.12. The fraction of sp³-hybridized carbons (Fsp3) is 0.154. The van der Waals surface area contributed by atoms with Gasteiger partial charge in [-0.05, 0) is 17.7 Å². The van der Waals surface area contributed by atoms with Crippen LogP contribution in [0.3, 0.4) is 0 Å². The number of hydrogen-bond donors (Lipinski definition) is 1. The lowest BCUT2D eigenvalue weighted by molar-refractivity contribution is 0.281. The minimum Gasteiger partial charge on any atom is -0.481 e. The Kier molecular flexibility index (Phi) is 3.35. The van der Waals surface area contributed by atoms with Crippen molar-refractivity contribution in [3.63, 3.8) is 0 Å². The van der Waals surface area contributed by atoms with Crippen LogP contribution in [0.4, 0.5) is 4.39 Å². The second-order valence-electron chi connectivity index (χ2n) is 3.49. The molecule has 0 saturated carbocycles. The lowest BCUT2D eigenvalue weighted by atomic mass is 10.0. The summed E-state index contributed by atoms with van der Waals surface area (Å²) in [7, 11) is 1.47. The number of halogens is 1. The maximum Gasteiger partial charge on any atom is 0.221 e. The zero-order chi connectivity index (χ0) is 12.3. The average molecular weight is 233 g/mol. The number of benzene rings is 1. The second kappa shape index (κ2) is 4.93. The minimum atomic E-state index is -0.367. The van der Waals surface area contributed by atoms with Crippen molar-refractivity contribution < 1.29 is 14.2 Å². The highest BCUT2D eigenvalue weighted by Crippen LogP contribution is 2.33. The first kappa shape index (κ1) is 11.5. The third kappa shape index (κ3) is 2.12. The number of rotatable bonds is 3. The van der Waals surface area contributed by atoms with Crippen molar-refractivity contribution in [2.45, 2.75) is 6.61 Å². The molecule has 0 atom stereocenters. The standard InChI is InChI=1S/C13H12FNO2/c1-17-13-12(9(8-16)6-7-15-13)10-4-2-3-5-11(10)14/h2-7,16H,8H2,1H3. The van der Waals surface area contributed by atoms with Crippen LogP contribution in [-0.2, 0) is 6.61 Å². The zero-order valence-corrected chi connectivity index (χ0v) is 9.35. The van der Waals surface area contributed by atoms with Crippen LogP contribution in [-0.4, -0.2) is 17.2 Å². The summed E-state index contributed by atoms with van der Waals surface area (Å²) in [5.74, 6) is -0.0600. The summed E-state index contributed by atoms with van der Waals surface area (Å²) in [6.45, 7) is -0.192. The maximum atomic E-state index is 13.7. The van der Waals surface area contributed by atoms with Gasteiger partial charge in [0.25, 0.3) is 0 Å². The molecule has 0 radical (unpaired) electrons. The molecule has 0 spiro atoms. The molecule has 3 nitrogen and oxygen atoms in total. The first-order valence-corrected chi connectivity index (χ1v) is 5.15. The number of nitrogens with zero attached hydrogens (tertiary/aromatic N) is 1. The van der Waals surface area contributed by atoms with Crippen molar-refractivity contribution in [1.29, 1.82) is 0 Å². The highest BCUT2D eigenvalue weighted by molar-refractivity contribution is 5.72. The van der Waals surface area contributed by atoms with E-state index in [9.17, 15) is 9.50 Å². The van der Waals surface area contributed by atoms with Gasteiger partial charge in [0.05, 0.1) is 19.3 Å². The van der Waals surface area contributed by atoms with Gasteiger partial charge >= 0.3 is 0 Å². The van der Waals surface area contributed by atoms with E-state index in [0.29, 0.717) is 22.6 Å². The Morgan fingerprint density at radius 1 is 1.29 bits per heavy atom. The molecule has 1 N–H and O–H groups in total. The van der Waals surface area contributed by atoms with Gasteiger partial charge in [-0.25, -0.2) is 9.37 Å². The van der Waals surface area contributed by atoms with Crippen molar-refractivity contribution >= 4 is 0 Å². The van der Waals surface area contributed by atoms with E-state index in [1.807, 2.05) is 0 Å². The first-order chi connectivity index (χ1) is 8.27. The number of aliphatic hydroxyl groups excluding tert-OH is 1. The van der Waals surface area contributed by atoms with E-state index >= 15 is 0 Å². The van der Waals surface area contributed by atoms with Crippen molar-refractivity contribution in [2.24, 2.45) is 0 Å². The predicted octanol–water partition coefficient (Wildman–Crippen LogP) is 2.39. The molecule has 2 rings (SSSR count). The normalized spacial score (nSPS) is 10.3. The summed E-state index contributed by atoms with van der Waals surface area (Å²) >= 11 is 0. The quantitative estimate of drug-likeness (QED) is 0.885. The summed E-state index contributed by atoms with van der Waals surface area (Å²) in [6.07, 6.45) is 1.52. The SMILES string of the molecule is COc1nccc(CO)c1-c1ccccc1F. The van der Waals surface area contributed by atoms with E-state index in [1.54, 1.807) is 24.3 Å². The van der Waals surface area contributed by atoms with Crippen LogP contribution in [0.25, 0.3) is 11.1 Å². The Morgan fingerprint density at radius 2 is 2.06 bits per heavy atom. The lowest BCUT2D eigenvalue weighted by Crippen LogP contribution is -1.98. The van der Waals surface area contributed by atoms with Crippen LogP contribution in [0.1, 0.15) is 5.56 Å². The highest BCUT2D eigenvalue weighted by Gasteiger charge is 2.15. The first-order valence-electron chi connectivity index (χ1n) is 5.15. The van der Waals surface area contributed by atoms with Gasteiger partial charge in [-0.2, -0.15) is 0 Å². The molecule has 0 aliphatic rings. The van der Waals surface area contributed by atoms with E-state index in [2.05, 4.69) is 4.98 Å². The molecule has 0 aliphatic carbocycles. The van der Waals surface area contributed by atoms with Gasteiger partial charge in [-0.3, -0.25) is 0 Å². The third-order valence-electron chi connectivity index (χ3n) is 2.51. The Bertz CT molecular complexity index is 506. The molecule has 0 bridgehead atoms. The van der Waals surface area contributed by atoms with Crippen LogP contribution >= 0.6 is 0 Å². The van der Waals surface area contributed by atoms with Gasteiger partial charge in [0.2, 0.25) is 5.88 Å². The van der Waals surface area contributed by atoms with E-state index in [1.165, 1.54) is 19.4 Å². The second-order valence-corrected chi connectivity index (χ2v) is 3.49. The van der Waals surface area contributed by atoms with Gasteiger partial charge in [-0.1, -0.05) is 18.2 Å². The zero-order valence-electron chi connectivity index (χ0n) is 9.35. The fourth-order valence-electron chi connectivity index (χ4n) is 1.72. The molecular weight excluding hydrogens is 221 g/mol. The van der Waals surface area contributed by atoms with Crippen LogP contribution in [0.2, 0.25) is 0 Å². The highest BCUT2D eigenvalue weighted by atomic mass is 19.1. The monoisotopic (exact) mass is 233 g/mol. The number of aromatic nitrogens is 1. The average Bonchev–Trinajstić information content (AvgIpc) is 2.38. The van der Waals surface area contributed by atoms with Gasteiger partial charge < -0.3 is 9.84 Å². The van der Waals surface area contributed by atoms with E-state index in [0.717, 1.165) is 0 Å². The summed E-state index contributed by atoms with van der Waals surface area (Å²) in [5, 5.41) is 9.28. The Morgan fingerprint density at radius 3 is 2.71 bits per heavy atom. The van der Waals surface area contributed by atoms with Crippen molar-refractivity contribution in [1.82, 2.24) is 4.98 Å². The van der Waals surface area contributed by atoms with Crippen molar-refractivity contribution in [3.05, 3.63) is 47.9 Å². The topological polar surface area (TPSA) is 42.4 Å². The largest absolute Gasteiger partial charge is 0.481 e. The summed E-state index contributed by atoms with van der Waals surface area (Å²) < 4.78 is 18.9. The molecule has 17 heavy (non-hydrogen) atoms. The molecule has 2 aromatic rings. The van der Waals surface area contributed by atoms with Gasteiger partial charge in [0.15, 0.2) is 0 Å². The molecule has 88 valence electrons. The fourth-order valence-corrected chi connectivity index (χ4v) is 1.72. The van der Waals surface area contributed by atoms with Crippen molar-refractivity contribution in [3.8, 4) is 17.0 Å². The summed E-state index contributed by atoms with van der Waals surface area (Å²) in [6, 6.07) is 7.98. The number of aliphatic hydroxyl groups is 1. The summed E-state index contributed by atoms with van der Waals surface area (Å²) in [5.41, 5.74) is 1.46. The molecule has 1 aromatic heterocycles. The molecule has 0 aliphatic heterocycles. The van der Waals surface area contributed by atoms with Crippen LogP contribution in [0.5, 0.6) is 5.88 Å². The molecule has 0 fully saturated rings. The Hall–Kier alpha value is -1.94. The molecule has 0 amide bonds. The molecule has 1 heterocycles. The predicted molar refractivity (Wildman–Crippen MR) is 62.1 cm³/mol. The minimum absolute atomic E-state index is 0.192.